The van der Waals surface area contributed by atoms with E-state index in [1.807, 2.05) is 46.8 Å². The Balaban J connectivity index is 2.28. The molecule has 5 heteroatoms. The van der Waals surface area contributed by atoms with Gasteiger partial charge in [0.2, 0.25) is 0 Å². The monoisotopic (exact) mass is 369 g/mol. The van der Waals surface area contributed by atoms with Crippen molar-refractivity contribution in [3.63, 3.8) is 0 Å². The average molecular weight is 370 g/mol. The van der Waals surface area contributed by atoms with Crippen molar-refractivity contribution in [2.45, 2.75) is 52.4 Å². The van der Waals surface area contributed by atoms with Crippen LogP contribution in [0.25, 0.3) is 0 Å². The number of morpholine rings is 1. The largest absolute Gasteiger partial charge is 0.444 e. The molecule has 2 atom stereocenters. The van der Waals surface area contributed by atoms with Crippen molar-refractivity contribution in [3.05, 3.63) is 33.8 Å². The van der Waals surface area contributed by atoms with E-state index in [1.54, 1.807) is 4.90 Å². The van der Waals surface area contributed by atoms with Crippen LogP contribution in [0.1, 0.15) is 44.9 Å². The van der Waals surface area contributed by atoms with Gasteiger partial charge in [0.15, 0.2) is 0 Å². The van der Waals surface area contributed by atoms with Gasteiger partial charge in [-0.25, -0.2) is 4.79 Å². The van der Waals surface area contributed by atoms with Gasteiger partial charge >= 0.3 is 6.09 Å². The Morgan fingerprint density at radius 3 is 2.68 bits per heavy atom. The van der Waals surface area contributed by atoms with Crippen LogP contribution >= 0.6 is 15.9 Å². The van der Waals surface area contributed by atoms with Crippen LogP contribution < -0.4 is 0 Å². The smallest absolute Gasteiger partial charge is 0.410 e. The van der Waals surface area contributed by atoms with Gasteiger partial charge in [0.05, 0.1) is 25.3 Å². The molecular weight excluding hydrogens is 346 g/mol. The molecule has 0 aliphatic carbocycles. The Labute approximate surface area is 140 Å². The molecule has 0 spiro atoms. The zero-order valence-corrected chi connectivity index (χ0v) is 15.4. The maximum Gasteiger partial charge on any atom is 0.410 e. The van der Waals surface area contributed by atoms with Gasteiger partial charge < -0.3 is 9.47 Å². The lowest BCUT2D eigenvalue weighted by atomic mass is 9.99. The highest BCUT2D eigenvalue weighted by Crippen LogP contribution is 2.31. The van der Waals surface area contributed by atoms with Gasteiger partial charge in [0, 0.05) is 4.47 Å². The molecule has 1 amide bonds. The summed E-state index contributed by atoms with van der Waals surface area (Å²) in [7, 11) is 0. The molecule has 1 saturated heterocycles. The van der Waals surface area contributed by atoms with Crippen LogP contribution in [0.15, 0.2) is 22.7 Å². The van der Waals surface area contributed by atoms with E-state index in [4.69, 9.17) is 9.47 Å². The van der Waals surface area contributed by atoms with E-state index in [0.29, 0.717) is 13.2 Å². The van der Waals surface area contributed by atoms with Crippen LogP contribution in [0.3, 0.4) is 0 Å². The minimum Gasteiger partial charge on any atom is -0.444 e. The molecule has 122 valence electrons. The zero-order valence-electron chi connectivity index (χ0n) is 13.9. The molecule has 4 nitrogen and oxygen atoms in total. The minimum atomic E-state index is -0.502. The normalized spacial score (nSPS) is 22.5. The summed E-state index contributed by atoms with van der Waals surface area (Å²) in [4.78, 5) is 14.3. The molecule has 0 bridgehead atoms. The predicted molar refractivity (Wildman–Crippen MR) is 90.0 cm³/mol. The third-order valence-corrected chi connectivity index (χ3v) is 4.08. The second kappa shape index (κ2) is 6.59. The van der Waals surface area contributed by atoms with Gasteiger partial charge in [-0.3, -0.25) is 4.90 Å². The van der Waals surface area contributed by atoms with E-state index in [-0.39, 0.29) is 18.2 Å². The Hall–Kier alpha value is -1.07. The Bertz CT molecular complexity index is 553. The molecule has 0 N–H and O–H groups in total. The van der Waals surface area contributed by atoms with Crippen LogP contribution in [-0.2, 0) is 9.47 Å². The molecule has 1 fully saturated rings. The highest BCUT2D eigenvalue weighted by Gasteiger charge is 2.35. The first-order chi connectivity index (χ1) is 10.2. The molecule has 0 radical (unpaired) electrons. The van der Waals surface area contributed by atoms with Crippen LogP contribution in [0, 0.1) is 6.92 Å². The summed E-state index contributed by atoms with van der Waals surface area (Å²) in [6.45, 7) is 10.7. The summed E-state index contributed by atoms with van der Waals surface area (Å²) in [6, 6.07) is 5.98. The topological polar surface area (TPSA) is 38.8 Å². The molecule has 0 saturated carbocycles. The summed E-state index contributed by atoms with van der Waals surface area (Å²) >= 11 is 3.48. The van der Waals surface area contributed by atoms with Crippen LogP contribution in [0.5, 0.6) is 0 Å². The van der Waals surface area contributed by atoms with Crippen LogP contribution in [-0.4, -0.2) is 35.8 Å². The van der Waals surface area contributed by atoms with Gasteiger partial charge in [-0.15, -0.1) is 0 Å². The number of nitrogens with zero attached hydrogens (tertiary/aromatic N) is 1. The molecule has 1 aromatic carbocycles. The van der Waals surface area contributed by atoms with Crippen molar-refractivity contribution in [3.8, 4) is 0 Å². The van der Waals surface area contributed by atoms with Gasteiger partial charge in [-0.1, -0.05) is 22.0 Å². The molecule has 1 heterocycles. The fourth-order valence-electron chi connectivity index (χ4n) is 2.60. The summed E-state index contributed by atoms with van der Waals surface area (Å²) in [6.07, 6.45) is -0.269. The quantitative estimate of drug-likeness (QED) is 0.733. The highest BCUT2D eigenvalue weighted by molar-refractivity contribution is 9.10. The first-order valence-corrected chi connectivity index (χ1v) is 8.34. The van der Waals surface area contributed by atoms with Crippen molar-refractivity contribution < 1.29 is 14.3 Å². The maximum absolute atomic E-state index is 12.6. The van der Waals surface area contributed by atoms with Crippen LogP contribution in [0.2, 0.25) is 0 Å². The van der Waals surface area contributed by atoms with Crippen molar-refractivity contribution in [2.24, 2.45) is 0 Å². The molecular formula is C17H24BrNO3. The number of hydrogen-bond acceptors (Lipinski definition) is 3. The number of halogens is 1. The van der Waals surface area contributed by atoms with E-state index in [1.165, 1.54) is 0 Å². The Morgan fingerprint density at radius 1 is 1.41 bits per heavy atom. The highest BCUT2D eigenvalue weighted by atomic mass is 79.9. The molecule has 22 heavy (non-hydrogen) atoms. The number of benzene rings is 1. The fraction of sp³-hybridized carbons (Fsp3) is 0.588. The second-order valence-corrected chi connectivity index (χ2v) is 7.71. The predicted octanol–water partition coefficient (Wildman–Crippen LogP) is 4.45. The Kier molecular flexibility index (Phi) is 5.17. The molecule has 2 rings (SSSR count). The number of carbonyl (C=O) groups excluding carboxylic acids is 1. The average Bonchev–Trinajstić information content (AvgIpc) is 2.37. The first-order valence-electron chi connectivity index (χ1n) is 7.54. The van der Waals surface area contributed by atoms with Crippen molar-refractivity contribution in [2.75, 3.05) is 13.2 Å². The molecule has 0 aromatic heterocycles. The van der Waals surface area contributed by atoms with Crippen LogP contribution in [0.4, 0.5) is 4.79 Å². The first kappa shape index (κ1) is 17.3. The lowest BCUT2D eigenvalue weighted by molar-refractivity contribution is -0.0645. The lowest BCUT2D eigenvalue weighted by Crippen LogP contribution is -2.48. The Morgan fingerprint density at radius 2 is 2.09 bits per heavy atom. The second-order valence-electron chi connectivity index (χ2n) is 6.79. The van der Waals surface area contributed by atoms with Gasteiger partial charge in [-0.2, -0.15) is 0 Å². The van der Waals surface area contributed by atoms with E-state index >= 15 is 0 Å². The summed E-state index contributed by atoms with van der Waals surface area (Å²) < 4.78 is 12.4. The molecule has 1 aromatic rings. The summed E-state index contributed by atoms with van der Waals surface area (Å²) in [5.41, 5.74) is 1.73. The standard InChI is InChI=1S/C17H24BrNO3/c1-11-8-13(18)6-7-14(11)15-10-21-12(2)9-19(15)16(20)22-17(3,4)5/h6-8,12,15H,9-10H2,1-5H3/t12-,15-/m1/s1. The summed E-state index contributed by atoms with van der Waals surface area (Å²) in [5.74, 6) is 0. The van der Waals surface area contributed by atoms with Crippen molar-refractivity contribution >= 4 is 22.0 Å². The third-order valence-electron chi connectivity index (χ3n) is 3.59. The zero-order chi connectivity index (χ0) is 16.5. The SMILES string of the molecule is Cc1cc(Br)ccc1[C@H]1CO[C@H](C)CN1C(=O)OC(C)(C)C. The number of hydrogen-bond donors (Lipinski definition) is 0. The van der Waals surface area contributed by atoms with E-state index in [2.05, 4.69) is 22.0 Å². The number of rotatable bonds is 1. The van der Waals surface area contributed by atoms with E-state index < -0.39 is 5.60 Å². The van der Waals surface area contributed by atoms with E-state index in [9.17, 15) is 4.79 Å². The number of carbonyl (C=O) groups is 1. The van der Waals surface area contributed by atoms with Gasteiger partial charge in [0.25, 0.3) is 0 Å². The fourth-order valence-corrected chi connectivity index (χ4v) is 3.07. The maximum atomic E-state index is 12.6. The molecule has 1 aliphatic heterocycles. The van der Waals surface area contributed by atoms with Crippen molar-refractivity contribution in [1.29, 1.82) is 0 Å². The minimum absolute atomic E-state index is 0.0134. The molecule has 0 unspecified atom stereocenters. The van der Waals surface area contributed by atoms with Gasteiger partial charge in [0.1, 0.15) is 5.60 Å². The third kappa shape index (κ3) is 4.23. The number of aryl methyl sites for hydroxylation is 1. The number of amides is 1. The lowest BCUT2D eigenvalue weighted by Gasteiger charge is -2.40. The number of ether oxygens (including phenoxy) is 2. The summed E-state index contributed by atoms with van der Waals surface area (Å²) in [5, 5.41) is 0. The van der Waals surface area contributed by atoms with Gasteiger partial charge in [-0.05, 0) is 57.9 Å². The van der Waals surface area contributed by atoms with Crippen molar-refractivity contribution in [1.82, 2.24) is 4.90 Å². The molecule has 1 aliphatic rings. The van der Waals surface area contributed by atoms with E-state index in [0.717, 1.165) is 15.6 Å².